The average Bonchev–Trinajstić information content (AvgIpc) is 3.32. The number of benzene rings is 8. The zero-order valence-corrected chi connectivity index (χ0v) is 35.7. The second-order valence-corrected chi connectivity index (χ2v) is 17.5. The van der Waals surface area contributed by atoms with Gasteiger partial charge >= 0.3 is 11.9 Å². The molecule has 0 unspecified atom stereocenters. The normalized spacial score (nSPS) is 14.8. The Balaban J connectivity index is 0.906. The van der Waals surface area contributed by atoms with Crippen molar-refractivity contribution >= 4 is 33.5 Å². The molecule has 2 heterocycles. The second-order valence-electron chi connectivity index (χ2n) is 17.5. The van der Waals surface area contributed by atoms with Gasteiger partial charge in [-0.15, -0.1) is 0 Å². The standard InChI is InChI=1S/C56H46O8/c1-55(31-59-32-55)35-61-45-25-19-39(20-26-45)37-11-15-43(16-12-37)53(57)63-49-29-23-41-7-3-5-9-47(41)51(49)52-48-10-6-4-8-42(48)24-30-50(52)64-54(58)44-17-13-38(14-18-44)40-21-27-46(28-22-40)62-36-56(2)33-60-34-56/h3-30H,31-36H2,1-2H3. The summed E-state index contributed by atoms with van der Waals surface area (Å²) < 4.78 is 35.3. The lowest BCUT2D eigenvalue weighted by Crippen LogP contribution is -2.44. The van der Waals surface area contributed by atoms with Crippen LogP contribution in [0, 0.1) is 10.8 Å². The first kappa shape index (κ1) is 40.8. The Hall–Kier alpha value is -7.26. The first-order valence-corrected chi connectivity index (χ1v) is 21.5. The zero-order valence-electron chi connectivity index (χ0n) is 35.7. The number of esters is 2. The third kappa shape index (κ3) is 8.45. The van der Waals surface area contributed by atoms with Crippen LogP contribution < -0.4 is 18.9 Å². The quantitative estimate of drug-likeness (QED) is 0.0837. The summed E-state index contributed by atoms with van der Waals surface area (Å²) in [4.78, 5) is 28.0. The minimum absolute atomic E-state index is 0.0606. The number of ether oxygens (including phenoxy) is 6. The maximum Gasteiger partial charge on any atom is 0.343 e. The van der Waals surface area contributed by atoms with Crippen LogP contribution in [0.3, 0.4) is 0 Å². The predicted octanol–water partition coefficient (Wildman–Crippen LogP) is 12.3. The van der Waals surface area contributed by atoms with E-state index >= 15 is 0 Å². The summed E-state index contributed by atoms with van der Waals surface area (Å²) in [6.07, 6.45) is 0. The molecule has 10 rings (SSSR count). The number of carbonyl (C=O) groups excluding carboxylic acids is 2. The van der Waals surface area contributed by atoms with Crippen LogP contribution in [-0.4, -0.2) is 51.6 Å². The van der Waals surface area contributed by atoms with Crippen LogP contribution in [0.5, 0.6) is 23.0 Å². The number of hydrogen-bond donors (Lipinski definition) is 0. The van der Waals surface area contributed by atoms with Gasteiger partial charge < -0.3 is 28.4 Å². The number of hydrogen-bond acceptors (Lipinski definition) is 8. The van der Waals surface area contributed by atoms with Gasteiger partial charge in [0.1, 0.15) is 23.0 Å². The van der Waals surface area contributed by atoms with Crippen LogP contribution in [0.15, 0.2) is 170 Å². The summed E-state index contributed by atoms with van der Waals surface area (Å²) in [7, 11) is 0. The van der Waals surface area contributed by atoms with Crippen LogP contribution in [0.25, 0.3) is 54.9 Å². The summed E-state index contributed by atoms with van der Waals surface area (Å²) in [6.45, 7) is 8.37. The Morgan fingerprint density at radius 2 is 0.781 bits per heavy atom. The Bertz CT molecular complexity index is 2780. The first-order valence-electron chi connectivity index (χ1n) is 21.5. The van der Waals surface area contributed by atoms with E-state index in [1.54, 1.807) is 36.4 Å². The molecule has 0 N–H and O–H groups in total. The van der Waals surface area contributed by atoms with Gasteiger partial charge in [-0.3, -0.25) is 0 Å². The monoisotopic (exact) mass is 846 g/mol. The van der Waals surface area contributed by atoms with E-state index in [1.165, 1.54) is 0 Å². The van der Waals surface area contributed by atoms with Gasteiger partial charge in [0.25, 0.3) is 0 Å². The molecule has 8 aromatic rings. The van der Waals surface area contributed by atoms with Crippen molar-refractivity contribution < 1.29 is 38.0 Å². The third-order valence-electron chi connectivity index (χ3n) is 12.0. The smallest absolute Gasteiger partial charge is 0.343 e. The Labute approximate surface area is 371 Å². The van der Waals surface area contributed by atoms with Crippen LogP contribution >= 0.6 is 0 Å². The fourth-order valence-electron chi connectivity index (χ4n) is 8.17. The molecule has 2 fully saturated rings. The first-order chi connectivity index (χ1) is 31.2. The van der Waals surface area contributed by atoms with E-state index in [4.69, 9.17) is 28.4 Å². The van der Waals surface area contributed by atoms with Gasteiger partial charge in [-0.1, -0.05) is 123 Å². The van der Waals surface area contributed by atoms with E-state index in [0.29, 0.717) is 73.4 Å². The molecule has 8 aromatic carbocycles. The van der Waals surface area contributed by atoms with Gasteiger partial charge in [0.2, 0.25) is 0 Å². The molecule has 318 valence electrons. The summed E-state index contributed by atoms with van der Waals surface area (Å²) in [5.41, 5.74) is 6.09. The summed E-state index contributed by atoms with van der Waals surface area (Å²) >= 11 is 0. The molecule has 0 aromatic heterocycles. The SMILES string of the molecule is CC1(COc2ccc(-c3ccc(C(=O)Oc4ccc5ccccc5c4-c4c(OC(=O)c5ccc(-c6ccc(OCC7(C)COC7)cc6)cc5)ccc5ccccc45)cc3)cc2)COC1. The van der Waals surface area contributed by atoms with Gasteiger partial charge in [-0.05, 0) is 104 Å². The van der Waals surface area contributed by atoms with Crippen molar-refractivity contribution in [2.75, 3.05) is 39.6 Å². The highest BCUT2D eigenvalue weighted by Crippen LogP contribution is 2.46. The number of fused-ring (bicyclic) bond motifs is 2. The summed E-state index contributed by atoms with van der Waals surface area (Å²) in [5.74, 6) is 1.25. The fraction of sp³-hybridized carbons (Fsp3) is 0.179. The number of rotatable bonds is 13. The fourth-order valence-corrected chi connectivity index (χ4v) is 8.17. The lowest BCUT2D eigenvalue weighted by atomic mass is 9.90. The molecule has 0 spiro atoms. The molecule has 8 heteroatoms. The highest BCUT2D eigenvalue weighted by atomic mass is 16.5. The minimum atomic E-state index is -0.514. The summed E-state index contributed by atoms with van der Waals surface area (Å²) in [5, 5.41) is 3.55. The van der Waals surface area contributed by atoms with E-state index in [0.717, 1.165) is 55.3 Å². The maximum atomic E-state index is 14.0. The molecule has 0 atom stereocenters. The molecular formula is C56H46O8. The molecule has 64 heavy (non-hydrogen) atoms. The van der Waals surface area contributed by atoms with Crippen molar-refractivity contribution in [3.05, 3.63) is 181 Å². The lowest BCUT2D eigenvalue weighted by molar-refractivity contribution is -0.120. The molecule has 0 saturated carbocycles. The second kappa shape index (κ2) is 17.1. The Kier molecular flexibility index (Phi) is 10.9. The van der Waals surface area contributed by atoms with E-state index in [1.807, 2.05) is 133 Å². The van der Waals surface area contributed by atoms with E-state index in [2.05, 4.69) is 13.8 Å². The Morgan fingerprint density at radius 1 is 0.438 bits per heavy atom. The zero-order chi connectivity index (χ0) is 43.7. The van der Waals surface area contributed by atoms with Gasteiger partial charge in [-0.25, -0.2) is 9.59 Å². The summed E-state index contributed by atoms with van der Waals surface area (Å²) in [6, 6.07) is 53.9. The van der Waals surface area contributed by atoms with Gasteiger partial charge in [0, 0.05) is 22.0 Å². The van der Waals surface area contributed by atoms with E-state index in [-0.39, 0.29) is 10.8 Å². The predicted molar refractivity (Wildman–Crippen MR) is 249 cm³/mol. The maximum absolute atomic E-state index is 14.0. The van der Waals surface area contributed by atoms with Crippen molar-refractivity contribution in [2.45, 2.75) is 13.8 Å². The number of carbonyl (C=O) groups is 2. The highest BCUT2D eigenvalue weighted by molar-refractivity contribution is 6.11. The topological polar surface area (TPSA) is 89.5 Å². The van der Waals surface area contributed by atoms with Gasteiger partial charge in [0.05, 0.1) is 50.8 Å². The van der Waals surface area contributed by atoms with E-state index in [9.17, 15) is 9.59 Å². The van der Waals surface area contributed by atoms with Crippen LogP contribution in [0.2, 0.25) is 0 Å². The molecule has 2 saturated heterocycles. The van der Waals surface area contributed by atoms with Crippen molar-refractivity contribution in [1.82, 2.24) is 0 Å². The molecule has 8 nitrogen and oxygen atoms in total. The minimum Gasteiger partial charge on any atom is -0.493 e. The molecule has 2 aliphatic rings. The van der Waals surface area contributed by atoms with Gasteiger partial charge in [-0.2, -0.15) is 0 Å². The Morgan fingerprint density at radius 3 is 1.12 bits per heavy atom. The van der Waals surface area contributed by atoms with Gasteiger partial charge in [0.15, 0.2) is 0 Å². The lowest BCUT2D eigenvalue weighted by Gasteiger charge is -2.37. The molecule has 0 amide bonds. The molecule has 2 aliphatic heterocycles. The molecular weight excluding hydrogens is 801 g/mol. The highest BCUT2D eigenvalue weighted by Gasteiger charge is 2.35. The van der Waals surface area contributed by atoms with Crippen molar-refractivity contribution in [1.29, 1.82) is 0 Å². The molecule has 0 aliphatic carbocycles. The van der Waals surface area contributed by atoms with E-state index < -0.39 is 11.9 Å². The average molecular weight is 847 g/mol. The van der Waals surface area contributed by atoms with Crippen molar-refractivity contribution in [3.63, 3.8) is 0 Å². The molecule has 0 bridgehead atoms. The van der Waals surface area contributed by atoms with Crippen molar-refractivity contribution in [2.24, 2.45) is 10.8 Å². The third-order valence-corrected chi connectivity index (χ3v) is 12.0. The van der Waals surface area contributed by atoms with Crippen LogP contribution in [0.4, 0.5) is 0 Å². The van der Waals surface area contributed by atoms with Crippen LogP contribution in [-0.2, 0) is 9.47 Å². The van der Waals surface area contributed by atoms with Crippen molar-refractivity contribution in [3.8, 4) is 56.4 Å². The molecule has 0 radical (unpaired) electrons. The largest absolute Gasteiger partial charge is 0.493 e. The van der Waals surface area contributed by atoms with Crippen LogP contribution in [0.1, 0.15) is 34.6 Å².